The van der Waals surface area contributed by atoms with Crippen molar-refractivity contribution in [1.82, 2.24) is 9.80 Å². The van der Waals surface area contributed by atoms with Crippen LogP contribution < -0.4 is 10.1 Å². The van der Waals surface area contributed by atoms with E-state index in [0.29, 0.717) is 37.6 Å². The number of piperazine rings is 1. The average molecular weight is 303 g/mol. The Balaban J connectivity index is 1.63. The van der Waals surface area contributed by atoms with Gasteiger partial charge in [-0.2, -0.15) is 0 Å². The molecule has 0 spiro atoms. The fraction of sp³-hybridized carbons (Fsp3) is 0.400. The summed E-state index contributed by atoms with van der Waals surface area (Å²) < 4.78 is 5.29. The lowest BCUT2D eigenvalue weighted by Gasteiger charge is -2.32. The van der Waals surface area contributed by atoms with Crippen LogP contribution in [-0.2, 0) is 20.8 Å². The molecule has 3 rings (SSSR count). The molecule has 1 aromatic rings. The number of carbonyl (C=O) groups is 3. The first-order valence-electron chi connectivity index (χ1n) is 7.18. The third kappa shape index (κ3) is 3.03. The maximum atomic E-state index is 12.3. The molecule has 1 fully saturated rings. The molecule has 0 aliphatic carbocycles. The predicted octanol–water partition coefficient (Wildman–Crippen LogP) is -0.139. The van der Waals surface area contributed by atoms with Crippen LogP contribution in [0.15, 0.2) is 18.2 Å². The molecule has 2 aliphatic heterocycles. The van der Waals surface area contributed by atoms with Crippen LogP contribution in [0.2, 0.25) is 0 Å². The van der Waals surface area contributed by atoms with Gasteiger partial charge in [-0.05, 0) is 17.7 Å². The SMILES string of the molecule is O=CN1CCN(C(=O)Cc2ccc3c(c2)NC(=O)CO3)CC1. The van der Waals surface area contributed by atoms with E-state index in [0.717, 1.165) is 12.0 Å². The fourth-order valence-electron chi connectivity index (χ4n) is 2.60. The van der Waals surface area contributed by atoms with Gasteiger partial charge in [0.05, 0.1) is 12.1 Å². The van der Waals surface area contributed by atoms with Crippen molar-refractivity contribution in [2.75, 3.05) is 38.1 Å². The van der Waals surface area contributed by atoms with Gasteiger partial charge in [0.1, 0.15) is 5.75 Å². The first kappa shape index (κ1) is 14.4. The van der Waals surface area contributed by atoms with E-state index < -0.39 is 0 Å². The molecule has 0 radical (unpaired) electrons. The number of benzene rings is 1. The Kier molecular flexibility index (Phi) is 3.95. The molecule has 1 N–H and O–H groups in total. The van der Waals surface area contributed by atoms with E-state index in [1.54, 1.807) is 21.9 Å². The smallest absolute Gasteiger partial charge is 0.262 e. The second-order valence-electron chi connectivity index (χ2n) is 5.37. The summed E-state index contributed by atoms with van der Waals surface area (Å²) in [6.45, 7) is 2.28. The standard InChI is InChI=1S/C15H17N3O4/c19-10-17-3-5-18(6-4-17)15(21)8-11-1-2-13-12(7-11)16-14(20)9-22-13/h1-2,7,10H,3-6,8-9H2,(H,16,20). The van der Waals surface area contributed by atoms with Crippen LogP contribution in [0.3, 0.4) is 0 Å². The molecular weight excluding hydrogens is 286 g/mol. The molecule has 0 aromatic heterocycles. The Morgan fingerprint density at radius 2 is 2.05 bits per heavy atom. The molecule has 1 aromatic carbocycles. The number of anilines is 1. The largest absolute Gasteiger partial charge is 0.482 e. The molecule has 0 unspecified atom stereocenters. The summed E-state index contributed by atoms with van der Waals surface area (Å²) in [7, 11) is 0. The highest BCUT2D eigenvalue weighted by Gasteiger charge is 2.21. The number of nitrogens with one attached hydrogen (secondary N) is 1. The van der Waals surface area contributed by atoms with Crippen LogP contribution in [0.5, 0.6) is 5.75 Å². The van der Waals surface area contributed by atoms with E-state index >= 15 is 0 Å². The van der Waals surface area contributed by atoms with Gasteiger partial charge in [-0.25, -0.2) is 0 Å². The summed E-state index contributed by atoms with van der Waals surface area (Å²) in [4.78, 5) is 37.7. The molecule has 0 atom stereocenters. The lowest BCUT2D eigenvalue weighted by atomic mass is 10.1. The number of fused-ring (bicyclic) bond motifs is 1. The van der Waals surface area contributed by atoms with Gasteiger partial charge in [-0.3, -0.25) is 14.4 Å². The Bertz CT molecular complexity index is 609. The van der Waals surface area contributed by atoms with Gasteiger partial charge in [0.2, 0.25) is 12.3 Å². The molecule has 3 amide bonds. The van der Waals surface area contributed by atoms with Gasteiger partial charge < -0.3 is 19.9 Å². The Morgan fingerprint density at radius 1 is 1.27 bits per heavy atom. The molecule has 7 heteroatoms. The van der Waals surface area contributed by atoms with Gasteiger partial charge in [0.15, 0.2) is 6.61 Å². The minimum absolute atomic E-state index is 0.0201. The Labute approximate surface area is 127 Å². The molecule has 22 heavy (non-hydrogen) atoms. The average Bonchev–Trinajstić information content (AvgIpc) is 2.54. The summed E-state index contributed by atoms with van der Waals surface area (Å²) in [6.07, 6.45) is 1.08. The van der Waals surface area contributed by atoms with Crippen LogP contribution in [0.1, 0.15) is 5.56 Å². The first-order chi connectivity index (χ1) is 10.7. The van der Waals surface area contributed by atoms with E-state index in [-0.39, 0.29) is 24.8 Å². The molecular formula is C15H17N3O4. The number of rotatable bonds is 3. The van der Waals surface area contributed by atoms with Crippen molar-refractivity contribution in [3.63, 3.8) is 0 Å². The lowest BCUT2D eigenvalue weighted by molar-refractivity contribution is -0.134. The van der Waals surface area contributed by atoms with Gasteiger partial charge in [0.25, 0.3) is 5.91 Å². The zero-order valence-corrected chi connectivity index (χ0v) is 12.1. The van der Waals surface area contributed by atoms with Crippen molar-refractivity contribution in [3.05, 3.63) is 23.8 Å². The number of hydrogen-bond acceptors (Lipinski definition) is 4. The van der Waals surface area contributed by atoms with E-state index in [2.05, 4.69) is 5.32 Å². The van der Waals surface area contributed by atoms with Crippen LogP contribution in [0, 0.1) is 0 Å². The zero-order valence-electron chi connectivity index (χ0n) is 12.1. The van der Waals surface area contributed by atoms with E-state index in [1.807, 2.05) is 6.07 Å². The van der Waals surface area contributed by atoms with Crippen molar-refractivity contribution in [2.24, 2.45) is 0 Å². The molecule has 2 aliphatic rings. The number of nitrogens with zero attached hydrogens (tertiary/aromatic N) is 2. The molecule has 0 saturated carbocycles. The first-order valence-corrected chi connectivity index (χ1v) is 7.18. The van der Waals surface area contributed by atoms with E-state index in [4.69, 9.17) is 4.74 Å². The highest BCUT2D eigenvalue weighted by molar-refractivity contribution is 5.95. The minimum atomic E-state index is -0.194. The van der Waals surface area contributed by atoms with Crippen molar-refractivity contribution < 1.29 is 19.1 Å². The molecule has 2 heterocycles. The van der Waals surface area contributed by atoms with Crippen LogP contribution in [0.25, 0.3) is 0 Å². The van der Waals surface area contributed by atoms with Gasteiger partial charge in [0, 0.05) is 26.2 Å². The highest BCUT2D eigenvalue weighted by atomic mass is 16.5. The lowest BCUT2D eigenvalue weighted by Crippen LogP contribution is -2.48. The number of hydrogen-bond donors (Lipinski definition) is 1. The molecule has 1 saturated heterocycles. The van der Waals surface area contributed by atoms with E-state index in [1.165, 1.54) is 0 Å². The van der Waals surface area contributed by atoms with Crippen molar-refractivity contribution in [3.8, 4) is 5.75 Å². The maximum Gasteiger partial charge on any atom is 0.262 e. The van der Waals surface area contributed by atoms with Crippen LogP contribution >= 0.6 is 0 Å². The second-order valence-corrected chi connectivity index (χ2v) is 5.37. The summed E-state index contributed by atoms with van der Waals surface area (Å²) in [6, 6.07) is 5.36. The summed E-state index contributed by atoms with van der Waals surface area (Å²) in [5.41, 5.74) is 1.43. The summed E-state index contributed by atoms with van der Waals surface area (Å²) in [5, 5.41) is 2.73. The molecule has 0 bridgehead atoms. The molecule has 116 valence electrons. The van der Waals surface area contributed by atoms with Crippen molar-refractivity contribution in [2.45, 2.75) is 6.42 Å². The van der Waals surface area contributed by atoms with Gasteiger partial charge in [-0.1, -0.05) is 6.07 Å². The van der Waals surface area contributed by atoms with Gasteiger partial charge >= 0.3 is 0 Å². The van der Waals surface area contributed by atoms with Crippen molar-refractivity contribution >= 4 is 23.9 Å². The maximum absolute atomic E-state index is 12.3. The quantitative estimate of drug-likeness (QED) is 0.788. The van der Waals surface area contributed by atoms with E-state index in [9.17, 15) is 14.4 Å². The minimum Gasteiger partial charge on any atom is -0.482 e. The predicted molar refractivity (Wildman–Crippen MR) is 78.5 cm³/mol. The van der Waals surface area contributed by atoms with Crippen LogP contribution in [-0.4, -0.2) is 60.8 Å². The zero-order chi connectivity index (χ0) is 15.5. The third-order valence-corrected chi connectivity index (χ3v) is 3.85. The third-order valence-electron chi connectivity index (χ3n) is 3.85. The normalized spacial score (nSPS) is 17.4. The van der Waals surface area contributed by atoms with Crippen LogP contribution in [0.4, 0.5) is 5.69 Å². The van der Waals surface area contributed by atoms with Crippen molar-refractivity contribution in [1.29, 1.82) is 0 Å². The summed E-state index contributed by atoms with van der Waals surface area (Å²) >= 11 is 0. The Morgan fingerprint density at radius 3 is 2.77 bits per heavy atom. The monoisotopic (exact) mass is 303 g/mol. The second kappa shape index (κ2) is 6.05. The number of amides is 3. The molecule has 7 nitrogen and oxygen atoms in total. The highest BCUT2D eigenvalue weighted by Crippen LogP contribution is 2.28. The Hall–Kier alpha value is -2.57. The fourth-order valence-corrected chi connectivity index (χ4v) is 2.60. The topological polar surface area (TPSA) is 79.0 Å². The number of ether oxygens (including phenoxy) is 1. The van der Waals surface area contributed by atoms with Gasteiger partial charge in [-0.15, -0.1) is 0 Å². The number of carbonyl (C=O) groups excluding carboxylic acids is 3. The summed E-state index contributed by atoms with van der Waals surface area (Å²) in [5.74, 6) is 0.449.